The Morgan fingerprint density at radius 2 is 0.768 bits per heavy atom. The van der Waals surface area contributed by atoms with Crippen molar-refractivity contribution < 1.29 is 8.83 Å². The standard InChI is InChI=1S/C61H35N5O2S/c1-5-17-43-36(13-1)29-37-14-2-6-18-44(37)60(43)65(40-25-27-49-47-21-9-11-23-51(47)67-53(49)31-40)42-33-55-58(62-35-42)59-56(69-55)34-57(63-64-59)66(41-26-28-50-48-22-10-12-24-52(48)68-54(50)32-41)61-45-19-7-3-15-38(45)30-39-16-4-8-20-46(39)61/h1-35H. The number of benzene rings is 10. The highest BCUT2D eigenvalue weighted by molar-refractivity contribution is 7.25. The molecule has 7 nitrogen and oxygen atoms in total. The normalized spacial score (nSPS) is 12.1. The molecule has 0 amide bonds. The van der Waals surface area contributed by atoms with Crippen molar-refractivity contribution in [2.45, 2.75) is 0 Å². The average Bonchev–Trinajstić information content (AvgIpc) is 4.09. The van der Waals surface area contributed by atoms with E-state index in [0.717, 1.165) is 136 Å². The highest BCUT2D eigenvalue weighted by Crippen LogP contribution is 2.48. The monoisotopic (exact) mass is 901 g/mol. The zero-order chi connectivity index (χ0) is 45.2. The summed E-state index contributed by atoms with van der Waals surface area (Å²) in [5.74, 6) is 0.689. The van der Waals surface area contributed by atoms with Crippen molar-refractivity contribution in [3.63, 3.8) is 0 Å². The van der Waals surface area contributed by atoms with Crippen LogP contribution in [0.15, 0.2) is 221 Å². The number of pyridine rings is 1. The van der Waals surface area contributed by atoms with E-state index in [-0.39, 0.29) is 0 Å². The second-order valence-corrected chi connectivity index (χ2v) is 18.7. The maximum absolute atomic E-state index is 6.51. The van der Waals surface area contributed by atoms with Gasteiger partial charge in [-0.3, -0.25) is 9.88 Å². The maximum Gasteiger partial charge on any atom is 0.161 e. The van der Waals surface area contributed by atoms with Crippen LogP contribution >= 0.6 is 11.3 Å². The van der Waals surface area contributed by atoms with Gasteiger partial charge in [-0.05, 0) is 76.1 Å². The van der Waals surface area contributed by atoms with E-state index in [1.54, 1.807) is 11.3 Å². The Morgan fingerprint density at radius 1 is 0.333 bits per heavy atom. The average molecular weight is 902 g/mol. The summed E-state index contributed by atoms with van der Waals surface area (Å²) in [5.41, 5.74) is 9.80. The Labute approximate surface area is 397 Å². The Bertz CT molecular complexity index is 4210. The topological polar surface area (TPSA) is 71.4 Å². The molecule has 0 aliphatic rings. The molecule has 0 atom stereocenters. The third-order valence-electron chi connectivity index (χ3n) is 13.7. The SMILES string of the molecule is c1ccc2c(N(c3ccc4c(c3)oc3ccccc34)c3cnc4c(c3)sc3cc(N(c5ccc6c(c5)oc5ccccc56)c5c6ccccc6cc6ccccc56)nnc34)c3ccccc3cc2c1. The Balaban J connectivity index is 0.949. The first-order valence-electron chi connectivity index (χ1n) is 23.0. The molecule has 5 aromatic heterocycles. The molecule has 0 unspecified atom stereocenters. The van der Waals surface area contributed by atoms with E-state index in [2.05, 4.69) is 192 Å². The summed E-state index contributed by atoms with van der Waals surface area (Å²) in [7, 11) is 0. The van der Waals surface area contributed by atoms with Gasteiger partial charge in [-0.2, -0.15) is 0 Å². The number of thiophene rings is 1. The molecule has 8 heteroatoms. The quantitative estimate of drug-likeness (QED) is 0.154. The molecule has 0 N–H and O–H groups in total. The first-order chi connectivity index (χ1) is 34.2. The molecule has 15 rings (SSSR count). The molecule has 0 fully saturated rings. The van der Waals surface area contributed by atoms with Gasteiger partial charge in [0.25, 0.3) is 0 Å². The third kappa shape index (κ3) is 5.82. The van der Waals surface area contributed by atoms with Crippen molar-refractivity contribution in [3.05, 3.63) is 212 Å². The molecule has 0 radical (unpaired) electrons. The number of hydrogen-bond acceptors (Lipinski definition) is 8. The van der Waals surface area contributed by atoms with Gasteiger partial charge < -0.3 is 13.7 Å². The van der Waals surface area contributed by atoms with Crippen LogP contribution in [0.5, 0.6) is 0 Å². The number of nitrogens with zero attached hydrogens (tertiary/aromatic N) is 5. The molecule has 10 aromatic carbocycles. The summed E-state index contributed by atoms with van der Waals surface area (Å²) < 4.78 is 15.0. The number of fused-ring (bicyclic) bond motifs is 13. The molecule has 0 saturated carbocycles. The van der Waals surface area contributed by atoms with Gasteiger partial charge in [0.2, 0.25) is 0 Å². The van der Waals surface area contributed by atoms with Crippen molar-refractivity contribution in [2.24, 2.45) is 0 Å². The lowest BCUT2D eigenvalue weighted by Gasteiger charge is -2.28. The molecule has 0 aliphatic carbocycles. The van der Waals surface area contributed by atoms with Gasteiger partial charge in [-0.15, -0.1) is 21.5 Å². The van der Waals surface area contributed by atoms with Gasteiger partial charge in [0, 0.05) is 67.0 Å². The molecule has 15 aromatic rings. The third-order valence-corrected chi connectivity index (χ3v) is 14.8. The van der Waals surface area contributed by atoms with Crippen LogP contribution in [0.3, 0.4) is 0 Å². The van der Waals surface area contributed by atoms with E-state index in [4.69, 9.17) is 24.0 Å². The number of rotatable bonds is 6. The molecular weight excluding hydrogens is 867 g/mol. The fourth-order valence-corrected chi connectivity index (χ4v) is 11.7. The lowest BCUT2D eigenvalue weighted by molar-refractivity contribution is 0.668. The van der Waals surface area contributed by atoms with E-state index in [0.29, 0.717) is 5.82 Å². The van der Waals surface area contributed by atoms with Gasteiger partial charge >= 0.3 is 0 Å². The van der Waals surface area contributed by atoms with Crippen molar-refractivity contribution in [1.29, 1.82) is 0 Å². The summed E-state index contributed by atoms with van der Waals surface area (Å²) >= 11 is 1.68. The van der Waals surface area contributed by atoms with Crippen LogP contribution in [0.2, 0.25) is 0 Å². The van der Waals surface area contributed by atoms with Crippen molar-refractivity contribution >= 4 is 153 Å². The van der Waals surface area contributed by atoms with Gasteiger partial charge in [0.1, 0.15) is 33.4 Å². The first-order valence-corrected chi connectivity index (χ1v) is 23.8. The molecule has 322 valence electrons. The lowest BCUT2D eigenvalue weighted by atomic mass is 9.99. The Hall–Kier alpha value is -9.11. The second-order valence-electron chi connectivity index (χ2n) is 17.6. The van der Waals surface area contributed by atoms with Crippen LogP contribution in [0, 0.1) is 0 Å². The highest BCUT2D eigenvalue weighted by atomic mass is 32.1. The van der Waals surface area contributed by atoms with E-state index >= 15 is 0 Å². The van der Waals surface area contributed by atoms with E-state index in [1.165, 1.54) is 0 Å². The minimum Gasteiger partial charge on any atom is -0.456 e. The number of aromatic nitrogens is 3. The molecule has 0 aliphatic heterocycles. The number of para-hydroxylation sites is 2. The number of hydrogen-bond donors (Lipinski definition) is 0. The van der Waals surface area contributed by atoms with Crippen LogP contribution in [0.25, 0.3) is 107 Å². The number of furan rings is 2. The van der Waals surface area contributed by atoms with E-state index in [9.17, 15) is 0 Å². The minimum absolute atomic E-state index is 0.689. The summed E-state index contributed by atoms with van der Waals surface area (Å²) in [6, 6.07) is 72.7. The van der Waals surface area contributed by atoms with Gasteiger partial charge in [-0.1, -0.05) is 133 Å². The first kappa shape index (κ1) is 38.0. The van der Waals surface area contributed by atoms with Gasteiger partial charge in [0.05, 0.1) is 38.3 Å². The van der Waals surface area contributed by atoms with Crippen LogP contribution in [-0.4, -0.2) is 15.2 Å². The minimum atomic E-state index is 0.689. The molecule has 0 bridgehead atoms. The Morgan fingerprint density at radius 3 is 1.30 bits per heavy atom. The fraction of sp³-hybridized carbons (Fsp3) is 0. The number of anilines is 6. The van der Waals surface area contributed by atoms with E-state index in [1.807, 2.05) is 30.5 Å². The van der Waals surface area contributed by atoms with Crippen LogP contribution in [0.1, 0.15) is 0 Å². The molecular formula is C61H35N5O2S. The summed E-state index contributed by atoms with van der Waals surface area (Å²) in [6.07, 6.45) is 1.97. The largest absolute Gasteiger partial charge is 0.456 e. The predicted octanol–water partition coefficient (Wildman–Crippen LogP) is 17.6. The van der Waals surface area contributed by atoms with Gasteiger partial charge in [-0.25, -0.2) is 0 Å². The summed E-state index contributed by atoms with van der Waals surface area (Å²) in [4.78, 5) is 9.83. The second kappa shape index (κ2) is 14.7. The van der Waals surface area contributed by atoms with Crippen LogP contribution < -0.4 is 9.80 Å². The fourth-order valence-electron chi connectivity index (χ4n) is 10.6. The maximum atomic E-state index is 6.51. The lowest BCUT2D eigenvalue weighted by Crippen LogP contribution is -2.13. The summed E-state index contributed by atoms with van der Waals surface area (Å²) in [6.45, 7) is 0. The molecule has 5 heterocycles. The van der Waals surface area contributed by atoms with Crippen molar-refractivity contribution in [1.82, 2.24) is 15.2 Å². The molecule has 0 spiro atoms. The Kier molecular flexibility index (Phi) is 8.10. The van der Waals surface area contributed by atoms with Gasteiger partial charge in [0.15, 0.2) is 5.82 Å². The van der Waals surface area contributed by atoms with Crippen LogP contribution in [-0.2, 0) is 0 Å². The zero-order valence-electron chi connectivity index (χ0n) is 36.7. The van der Waals surface area contributed by atoms with Crippen LogP contribution in [0.4, 0.5) is 34.3 Å². The smallest absolute Gasteiger partial charge is 0.161 e. The molecule has 69 heavy (non-hydrogen) atoms. The van der Waals surface area contributed by atoms with Crippen molar-refractivity contribution in [2.75, 3.05) is 9.80 Å². The summed E-state index contributed by atoms with van der Waals surface area (Å²) in [5, 5.41) is 23.5. The van der Waals surface area contributed by atoms with Crippen molar-refractivity contribution in [3.8, 4) is 0 Å². The zero-order valence-corrected chi connectivity index (χ0v) is 37.5. The highest BCUT2D eigenvalue weighted by Gasteiger charge is 2.25. The predicted molar refractivity (Wildman–Crippen MR) is 287 cm³/mol. The van der Waals surface area contributed by atoms with E-state index < -0.39 is 0 Å². The molecule has 0 saturated heterocycles.